The first kappa shape index (κ1) is 9.12. The fourth-order valence-electron chi connectivity index (χ4n) is 1.30. The van der Waals surface area contributed by atoms with Crippen LogP contribution in [0.5, 0.6) is 0 Å². The van der Waals surface area contributed by atoms with Gasteiger partial charge in [-0.3, -0.25) is 4.68 Å². The highest BCUT2D eigenvalue weighted by atomic mass is 19.2. The van der Waals surface area contributed by atoms with Crippen molar-refractivity contribution in [1.82, 2.24) is 9.78 Å². The molecule has 0 aliphatic heterocycles. The molecule has 1 aromatic carbocycles. The molecule has 0 amide bonds. The largest absolute Gasteiger partial charge is 0.269 e. The molecule has 2 rings (SSSR count). The molecule has 1 heterocycles. The van der Waals surface area contributed by atoms with E-state index >= 15 is 0 Å². The zero-order valence-corrected chi connectivity index (χ0v) is 7.96. The van der Waals surface area contributed by atoms with Crippen LogP contribution in [0.25, 0.3) is 10.9 Å². The molecule has 1 aromatic heterocycles. The van der Waals surface area contributed by atoms with Crippen LogP contribution in [0.1, 0.15) is 19.9 Å². The van der Waals surface area contributed by atoms with Gasteiger partial charge in [0.05, 0.1) is 5.52 Å². The summed E-state index contributed by atoms with van der Waals surface area (Å²) in [6.45, 7) is 3.91. The lowest BCUT2D eigenvalue weighted by atomic mass is 10.2. The number of nitrogens with zero attached hydrogens (tertiary/aromatic N) is 2. The van der Waals surface area contributed by atoms with Gasteiger partial charge in [-0.25, -0.2) is 8.78 Å². The van der Waals surface area contributed by atoms with Crippen molar-refractivity contribution < 1.29 is 8.78 Å². The molecule has 0 aliphatic carbocycles. The molecular weight excluding hydrogens is 186 g/mol. The van der Waals surface area contributed by atoms with Gasteiger partial charge in [0, 0.05) is 23.7 Å². The molecule has 0 N–H and O–H groups in total. The summed E-state index contributed by atoms with van der Waals surface area (Å²) in [7, 11) is 0. The predicted molar refractivity (Wildman–Crippen MR) is 50.0 cm³/mol. The lowest BCUT2D eigenvalue weighted by Gasteiger charge is -2.02. The van der Waals surface area contributed by atoms with Crippen LogP contribution in [0, 0.1) is 11.6 Å². The molecule has 0 saturated carbocycles. The monoisotopic (exact) mass is 196 g/mol. The summed E-state index contributed by atoms with van der Waals surface area (Å²) in [6, 6.07) is 2.47. The van der Waals surface area contributed by atoms with Gasteiger partial charge in [-0.15, -0.1) is 0 Å². The number of halogens is 2. The number of benzene rings is 1. The molecule has 2 aromatic rings. The number of aromatic nitrogens is 2. The molecule has 0 bridgehead atoms. The van der Waals surface area contributed by atoms with Crippen LogP contribution >= 0.6 is 0 Å². The van der Waals surface area contributed by atoms with E-state index in [1.54, 1.807) is 10.9 Å². The molecule has 0 aliphatic rings. The van der Waals surface area contributed by atoms with Gasteiger partial charge in [-0.1, -0.05) is 0 Å². The van der Waals surface area contributed by atoms with Gasteiger partial charge in [0.2, 0.25) is 0 Å². The third-order valence-electron chi connectivity index (χ3n) is 2.09. The summed E-state index contributed by atoms with van der Waals surface area (Å²) < 4.78 is 27.4. The Hall–Kier alpha value is -1.45. The molecule has 74 valence electrons. The molecule has 0 radical (unpaired) electrons. The maximum atomic E-state index is 12.8. The number of rotatable bonds is 1. The second kappa shape index (κ2) is 3.04. The summed E-state index contributed by atoms with van der Waals surface area (Å²) in [5.74, 6) is -1.69. The van der Waals surface area contributed by atoms with Crippen molar-refractivity contribution in [3.05, 3.63) is 30.0 Å². The van der Waals surface area contributed by atoms with E-state index in [0.29, 0.717) is 10.9 Å². The molecule has 2 nitrogen and oxygen atoms in total. The Kier molecular flexibility index (Phi) is 1.98. The molecule has 0 atom stereocenters. The van der Waals surface area contributed by atoms with E-state index in [1.807, 2.05) is 13.8 Å². The SMILES string of the molecule is CC(C)n1cc2cc(F)c(F)cc2n1. The molecule has 4 heteroatoms. The number of hydrogen-bond acceptors (Lipinski definition) is 1. The molecule has 14 heavy (non-hydrogen) atoms. The van der Waals surface area contributed by atoms with Crippen LogP contribution in [-0.2, 0) is 0 Å². The van der Waals surface area contributed by atoms with Crippen molar-refractivity contribution >= 4 is 10.9 Å². The minimum absolute atomic E-state index is 0.188. The van der Waals surface area contributed by atoms with Gasteiger partial charge in [0.25, 0.3) is 0 Å². The summed E-state index contributed by atoms with van der Waals surface area (Å²) in [5, 5.41) is 4.75. The summed E-state index contributed by atoms with van der Waals surface area (Å²) >= 11 is 0. The van der Waals surface area contributed by atoms with Crippen molar-refractivity contribution in [2.24, 2.45) is 0 Å². The van der Waals surface area contributed by atoms with Gasteiger partial charge in [0.1, 0.15) is 0 Å². The Labute approximate surface area is 80.1 Å². The van der Waals surface area contributed by atoms with Crippen LogP contribution in [-0.4, -0.2) is 9.78 Å². The quantitative estimate of drug-likeness (QED) is 0.685. The Morgan fingerprint density at radius 2 is 1.86 bits per heavy atom. The third kappa shape index (κ3) is 1.36. The van der Waals surface area contributed by atoms with Crippen molar-refractivity contribution in [3.63, 3.8) is 0 Å². The highest BCUT2D eigenvalue weighted by Crippen LogP contribution is 2.18. The van der Waals surface area contributed by atoms with E-state index in [4.69, 9.17) is 0 Å². The third-order valence-corrected chi connectivity index (χ3v) is 2.09. The van der Waals surface area contributed by atoms with E-state index in [0.717, 1.165) is 12.1 Å². The minimum Gasteiger partial charge on any atom is -0.269 e. The highest BCUT2D eigenvalue weighted by Gasteiger charge is 2.08. The lowest BCUT2D eigenvalue weighted by molar-refractivity contribution is 0.510. The van der Waals surface area contributed by atoms with Crippen LogP contribution in [0.2, 0.25) is 0 Å². The predicted octanol–water partition coefficient (Wildman–Crippen LogP) is 2.90. The Balaban J connectivity index is 2.66. The fourth-order valence-corrected chi connectivity index (χ4v) is 1.30. The Bertz CT molecular complexity index is 435. The molecular formula is C10H10F2N2. The maximum Gasteiger partial charge on any atom is 0.161 e. The topological polar surface area (TPSA) is 17.8 Å². The van der Waals surface area contributed by atoms with Gasteiger partial charge in [-0.05, 0) is 19.9 Å². The molecule has 0 fully saturated rings. The normalized spacial score (nSPS) is 11.5. The van der Waals surface area contributed by atoms with E-state index in [1.165, 1.54) is 0 Å². The van der Waals surface area contributed by atoms with Gasteiger partial charge in [-0.2, -0.15) is 5.10 Å². The first-order chi connectivity index (χ1) is 6.58. The number of hydrogen-bond donors (Lipinski definition) is 0. The van der Waals surface area contributed by atoms with Crippen LogP contribution < -0.4 is 0 Å². The first-order valence-corrected chi connectivity index (χ1v) is 4.42. The Morgan fingerprint density at radius 1 is 1.21 bits per heavy atom. The minimum atomic E-state index is -0.855. The van der Waals surface area contributed by atoms with E-state index < -0.39 is 11.6 Å². The zero-order chi connectivity index (χ0) is 10.3. The van der Waals surface area contributed by atoms with Gasteiger partial charge < -0.3 is 0 Å². The molecule has 0 spiro atoms. The van der Waals surface area contributed by atoms with Crippen molar-refractivity contribution in [2.45, 2.75) is 19.9 Å². The summed E-state index contributed by atoms with van der Waals surface area (Å²) in [5.41, 5.74) is 0.484. The van der Waals surface area contributed by atoms with Gasteiger partial charge >= 0.3 is 0 Å². The fraction of sp³-hybridized carbons (Fsp3) is 0.300. The van der Waals surface area contributed by atoms with Crippen molar-refractivity contribution in [2.75, 3.05) is 0 Å². The van der Waals surface area contributed by atoms with Crippen LogP contribution in [0.15, 0.2) is 18.3 Å². The Morgan fingerprint density at radius 3 is 2.50 bits per heavy atom. The average molecular weight is 196 g/mol. The molecule has 0 saturated heterocycles. The van der Waals surface area contributed by atoms with Crippen molar-refractivity contribution in [3.8, 4) is 0 Å². The highest BCUT2D eigenvalue weighted by molar-refractivity contribution is 5.78. The number of fused-ring (bicyclic) bond motifs is 1. The second-order valence-electron chi connectivity index (χ2n) is 3.53. The van der Waals surface area contributed by atoms with E-state index in [2.05, 4.69) is 5.10 Å². The second-order valence-corrected chi connectivity index (χ2v) is 3.53. The van der Waals surface area contributed by atoms with E-state index in [9.17, 15) is 8.78 Å². The first-order valence-electron chi connectivity index (χ1n) is 4.42. The summed E-state index contributed by atoms with van der Waals surface area (Å²) in [4.78, 5) is 0. The van der Waals surface area contributed by atoms with Crippen molar-refractivity contribution in [1.29, 1.82) is 0 Å². The van der Waals surface area contributed by atoms with E-state index in [-0.39, 0.29) is 6.04 Å². The molecule has 0 unspecified atom stereocenters. The lowest BCUT2D eigenvalue weighted by Crippen LogP contribution is -1.99. The zero-order valence-electron chi connectivity index (χ0n) is 7.96. The average Bonchev–Trinajstić information content (AvgIpc) is 2.48. The van der Waals surface area contributed by atoms with Crippen LogP contribution in [0.4, 0.5) is 8.78 Å². The standard InChI is InChI=1S/C10H10F2N2/c1-6(2)14-5-7-3-8(11)9(12)4-10(7)13-14/h3-6H,1-2H3. The smallest absolute Gasteiger partial charge is 0.161 e. The van der Waals surface area contributed by atoms with Crippen LogP contribution in [0.3, 0.4) is 0 Å². The summed E-state index contributed by atoms with van der Waals surface area (Å²) in [6.07, 6.45) is 1.71. The maximum absolute atomic E-state index is 12.8. The van der Waals surface area contributed by atoms with Gasteiger partial charge in [0.15, 0.2) is 11.6 Å².